The minimum atomic E-state index is -0.470. The zero-order chi connectivity index (χ0) is 34.0. The van der Waals surface area contributed by atoms with Crippen LogP contribution in [0.15, 0.2) is 176 Å². The van der Waals surface area contributed by atoms with Crippen LogP contribution in [0.1, 0.15) is 38.6 Å². The fraction of sp³-hybridized carbons (Fsp3) is 0. The van der Waals surface area contributed by atoms with Crippen LogP contribution in [0.4, 0.5) is 11.4 Å². The van der Waals surface area contributed by atoms with Crippen molar-refractivity contribution < 1.29 is 23.2 Å². The summed E-state index contributed by atoms with van der Waals surface area (Å²) in [6.07, 6.45) is 6.16. The maximum atomic E-state index is 14.5. The van der Waals surface area contributed by atoms with Gasteiger partial charge in [-0.25, -0.2) is 9.98 Å². The lowest BCUT2D eigenvalue weighted by Gasteiger charge is -2.27. The monoisotopic (exact) mass is 654 g/mol. The number of aliphatic imine (C=N–C) groups is 2. The summed E-state index contributed by atoms with van der Waals surface area (Å²) in [4.78, 5) is 55.2. The Hall–Kier alpha value is -7.13. The molecule has 2 aliphatic heterocycles. The van der Waals surface area contributed by atoms with Crippen molar-refractivity contribution in [2.75, 3.05) is 9.80 Å². The second-order valence-electron chi connectivity index (χ2n) is 11.4. The first-order valence-electron chi connectivity index (χ1n) is 15.8. The van der Waals surface area contributed by atoms with E-state index in [0.29, 0.717) is 51.1 Å². The summed E-state index contributed by atoms with van der Waals surface area (Å²) in [6, 6.07) is 39.3. The summed E-state index contributed by atoms with van der Waals surface area (Å²) in [5.41, 5.74) is 2.95. The lowest BCUT2D eigenvalue weighted by Crippen LogP contribution is -2.38. The first kappa shape index (κ1) is 30.2. The van der Waals surface area contributed by atoms with E-state index >= 15 is 0 Å². The van der Waals surface area contributed by atoms with E-state index in [9.17, 15) is 14.4 Å². The Balaban J connectivity index is 1.35. The molecule has 9 nitrogen and oxygen atoms in total. The molecule has 2 amide bonds. The van der Waals surface area contributed by atoms with Crippen LogP contribution < -0.4 is 9.80 Å². The molecule has 0 saturated carbocycles. The van der Waals surface area contributed by atoms with Crippen molar-refractivity contribution in [1.82, 2.24) is 0 Å². The molecule has 8 rings (SSSR count). The quantitative estimate of drug-likeness (QED) is 0.123. The van der Waals surface area contributed by atoms with Gasteiger partial charge in [-0.1, -0.05) is 91.0 Å². The molecule has 2 aliphatic rings. The first-order valence-corrected chi connectivity index (χ1v) is 15.8. The predicted molar refractivity (Wildman–Crippen MR) is 191 cm³/mol. The molecule has 0 atom stereocenters. The van der Waals surface area contributed by atoms with Gasteiger partial charge >= 0.3 is 0 Å². The van der Waals surface area contributed by atoms with Gasteiger partial charge in [0, 0.05) is 34.4 Å². The Bertz CT molecular complexity index is 2360. The molecule has 9 heteroatoms. The number of carbonyl (C=O) groups excluding carboxylic acids is 3. The fourth-order valence-electron chi connectivity index (χ4n) is 5.85. The van der Waals surface area contributed by atoms with Crippen molar-refractivity contribution in [3.63, 3.8) is 0 Å². The molecule has 0 bridgehead atoms. The van der Waals surface area contributed by atoms with Crippen LogP contribution >= 0.6 is 0 Å². The van der Waals surface area contributed by atoms with Gasteiger partial charge < -0.3 is 8.83 Å². The standard InChI is InChI=1S/C41H26N4O5/c46-37(27-12-4-1-5-13-27)30-20-21-35(44-38(28-14-6-2-7-15-28)42-33(40(44)47)25-31-18-10-22-49-31)36(24-30)45-39(29-16-8-3-9-17-29)43-34(41(45)48)26-32-19-11-23-50-32/h1-26H/b33-25-,34-26-. The van der Waals surface area contributed by atoms with E-state index in [1.54, 1.807) is 78.9 Å². The molecule has 240 valence electrons. The number of furan rings is 2. The molecule has 0 spiro atoms. The van der Waals surface area contributed by atoms with Crippen LogP contribution in [0.5, 0.6) is 0 Å². The van der Waals surface area contributed by atoms with Gasteiger partial charge in [0.05, 0.1) is 23.9 Å². The van der Waals surface area contributed by atoms with Gasteiger partial charge in [-0.05, 0) is 42.5 Å². The second-order valence-corrected chi connectivity index (χ2v) is 11.4. The number of amides is 2. The van der Waals surface area contributed by atoms with Crippen molar-refractivity contribution in [3.05, 3.63) is 191 Å². The fourth-order valence-corrected chi connectivity index (χ4v) is 5.85. The van der Waals surface area contributed by atoms with Crippen molar-refractivity contribution in [2.45, 2.75) is 0 Å². The Morgan fingerprint density at radius 1 is 0.520 bits per heavy atom. The van der Waals surface area contributed by atoms with Crippen molar-refractivity contribution in [1.29, 1.82) is 0 Å². The predicted octanol–water partition coefficient (Wildman–Crippen LogP) is 7.77. The molecule has 0 unspecified atom stereocenters. The number of anilines is 2. The number of benzene rings is 4. The number of hydrogen-bond donors (Lipinski definition) is 0. The van der Waals surface area contributed by atoms with E-state index < -0.39 is 11.8 Å². The van der Waals surface area contributed by atoms with Gasteiger partial charge in [0.25, 0.3) is 11.8 Å². The number of amidine groups is 2. The number of nitrogens with zero attached hydrogens (tertiary/aromatic N) is 4. The van der Waals surface area contributed by atoms with Crippen LogP contribution in [0.2, 0.25) is 0 Å². The summed E-state index contributed by atoms with van der Waals surface area (Å²) in [5.74, 6) is 0.388. The first-order chi connectivity index (χ1) is 24.5. The zero-order valence-corrected chi connectivity index (χ0v) is 26.3. The number of carbonyl (C=O) groups is 3. The molecular weight excluding hydrogens is 628 g/mol. The molecule has 0 aliphatic carbocycles. The molecule has 0 fully saturated rings. The van der Waals surface area contributed by atoms with Crippen molar-refractivity contribution in [2.24, 2.45) is 9.98 Å². The molecule has 0 radical (unpaired) electrons. The summed E-state index contributed by atoms with van der Waals surface area (Å²) in [7, 11) is 0. The SMILES string of the molecule is O=C(c1ccccc1)c1ccc(N2C(=O)/C(=C/c3ccco3)N=C2c2ccccc2)c(N2C(=O)/C(=C/c3ccco3)N=C2c2ccccc2)c1. The third-order valence-corrected chi connectivity index (χ3v) is 8.18. The van der Waals surface area contributed by atoms with Crippen LogP contribution in [0.3, 0.4) is 0 Å². The third kappa shape index (κ3) is 5.58. The molecule has 0 N–H and O–H groups in total. The highest BCUT2D eigenvalue weighted by Gasteiger charge is 2.40. The molecular formula is C41H26N4O5. The smallest absolute Gasteiger partial charge is 0.282 e. The van der Waals surface area contributed by atoms with Crippen molar-refractivity contribution >= 4 is 52.8 Å². The topological polar surface area (TPSA) is 109 Å². The largest absolute Gasteiger partial charge is 0.465 e. The third-order valence-electron chi connectivity index (χ3n) is 8.18. The molecule has 4 heterocycles. The molecule has 4 aromatic carbocycles. The molecule has 50 heavy (non-hydrogen) atoms. The van der Waals surface area contributed by atoms with Gasteiger partial charge in [-0.3, -0.25) is 24.2 Å². The maximum absolute atomic E-state index is 14.5. The Labute approximate surface area is 286 Å². The van der Waals surface area contributed by atoms with Gasteiger partial charge in [0.1, 0.15) is 34.6 Å². The van der Waals surface area contributed by atoms with E-state index in [4.69, 9.17) is 18.8 Å². The second kappa shape index (κ2) is 12.8. The van der Waals surface area contributed by atoms with E-state index in [1.165, 1.54) is 22.3 Å². The highest BCUT2D eigenvalue weighted by molar-refractivity contribution is 6.38. The van der Waals surface area contributed by atoms with Gasteiger partial charge in [-0.15, -0.1) is 0 Å². The molecule has 6 aromatic rings. The number of hydrogen-bond acceptors (Lipinski definition) is 7. The minimum Gasteiger partial charge on any atom is -0.465 e. The average molecular weight is 655 g/mol. The number of ketones is 1. The summed E-state index contributed by atoms with van der Waals surface area (Å²) >= 11 is 0. The molecule has 0 saturated heterocycles. The molecule has 2 aromatic heterocycles. The highest BCUT2D eigenvalue weighted by Crippen LogP contribution is 2.40. The normalized spacial score (nSPS) is 16.0. The zero-order valence-electron chi connectivity index (χ0n) is 26.3. The Morgan fingerprint density at radius 3 is 1.48 bits per heavy atom. The van der Waals surface area contributed by atoms with Crippen LogP contribution in [-0.2, 0) is 9.59 Å². The van der Waals surface area contributed by atoms with E-state index in [1.807, 2.05) is 66.7 Å². The van der Waals surface area contributed by atoms with Gasteiger partial charge in [0.2, 0.25) is 0 Å². The van der Waals surface area contributed by atoms with Crippen LogP contribution in [0, 0.1) is 0 Å². The summed E-state index contributed by atoms with van der Waals surface area (Å²) in [5, 5.41) is 0. The Kier molecular flexibility index (Phi) is 7.75. The summed E-state index contributed by atoms with van der Waals surface area (Å²) in [6.45, 7) is 0. The Morgan fingerprint density at radius 2 is 1.00 bits per heavy atom. The van der Waals surface area contributed by atoms with E-state index in [0.717, 1.165) is 0 Å². The van der Waals surface area contributed by atoms with Gasteiger partial charge in [-0.2, -0.15) is 0 Å². The van der Waals surface area contributed by atoms with E-state index in [2.05, 4.69) is 0 Å². The lowest BCUT2D eigenvalue weighted by molar-refractivity contribution is -0.114. The summed E-state index contributed by atoms with van der Waals surface area (Å²) < 4.78 is 11.0. The van der Waals surface area contributed by atoms with E-state index in [-0.39, 0.29) is 22.9 Å². The van der Waals surface area contributed by atoms with Crippen LogP contribution in [-0.4, -0.2) is 29.3 Å². The maximum Gasteiger partial charge on any atom is 0.282 e. The van der Waals surface area contributed by atoms with Crippen LogP contribution in [0.25, 0.3) is 12.2 Å². The minimum absolute atomic E-state index is 0.118. The number of rotatable bonds is 8. The average Bonchev–Trinajstić information content (AvgIpc) is 3.99. The lowest BCUT2D eigenvalue weighted by atomic mass is 10.0. The highest BCUT2D eigenvalue weighted by atomic mass is 16.3. The van der Waals surface area contributed by atoms with Crippen molar-refractivity contribution in [3.8, 4) is 0 Å². The van der Waals surface area contributed by atoms with Gasteiger partial charge in [0.15, 0.2) is 5.78 Å².